The summed E-state index contributed by atoms with van der Waals surface area (Å²) in [4.78, 5) is 9.34. The summed E-state index contributed by atoms with van der Waals surface area (Å²) < 4.78 is 4.31. The van der Waals surface area contributed by atoms with Crippen LogP contribution in [0.2, 0.25) is 0 Å². The van der Waals surface area contributed by atoms with Gasteiger partial charge in [-0.3, -0.25) is 0 Å². The molecule has 6 heavy (non-hydrogen) atoms. The van der Waals surface area contributed by atoms with Crippen molar-refractivity contribution >= 4 is 10.0 Å². The zero-order valence-electron chi connectivity index (χ0n) is 4.02. The van der Waals surface area contributed by atoms with Gasteiger partial charge in [-0.05, 0) is 6.92 Å². The van der Waals surface area contributed by atoms with E-state index >= 15 is 0 Å². The van der Waals surface area contributed by atoms with Crippen molar-refractivity contribution < 1.29 is 38.8 Å². The smallest absolute Gasteiger partial charge is 0.840 e. The van der Waals surface area contributed by atoms with Crippen LogP contribution in [0.25, 0.3) is 0 Å². The first kappa shape index (κ1) is 10.2. The average Bonchev–Trinajstić information content (AvgIpc) is 1.41. The predicted molar refractivity (Wildman–Crippen MR) is 17.4 cm³/mol. The van der Waals surface area contributed by atoms with Crippen LogP contribution in [-0.4, -0.2) is 16.6 Å². The number of rotatable bonds is 2. The second-order valence-corrected chi connectivity index (χ2v) is 0.972. The molecule has 0 saturated heterocycles. The van der Waals surface area contributed by atoms with Crippen LogP contribution >= 0.6 is 0 Å². The summed E-state index contributed by atoms with van der Waals surface area (Å²) in [5.74, 6) is 0. The normalized spacial score (nSPS) is 7.00. The van der Waals surface area contributed by atoms with Crippen LogP contribution < -0.4 is 34.4 Å². The molecule has 30 valence electrons. The van der Waals surface area contributed by atoms with E-state index in [1.165, 1.54) is 0 Å². The third-order valence-corrected chi connectivity index (χ3v) is 0.610. The minimum atomic E-state index is -0.592. The topological polar surface area (TPSA) is 32.3 Å². The Morgan fingerprint density at radius 3 is 2.33 bits per heavy atom. The van der Waals surface area contributed by atoms with Crippen LogP contribution in [0.1, 0.15) is 6.92 Å². The van der Waals surface area contributed by atoms with E-state index in [0.717, 1.165) is 0 Å². The van der Waals surface area contributed by atoms with Crippen LogP contribution in [0.5, 0.6) is 0 Å². The van der Waals surface area contributed by atoms with Gasteiger partial charge in [0.15, 0.2) is 0 Å². The molecule has 0 amide bonds. The molecule has 0 aliphatic rings. The Kier molecular flexibility index (Phi) is 16.1. The van der Waals surface area contributed by atoms with E-state index in [4.69, 9.17) is 0 Å². The van der Waals surface area contributed by atoms with E-state index in [0.29, 0.717) is 6.61 Å². The number of hydrogen-bond acceptors (Lipinski definition) is 2. The Morgan fingerprint density at radius 1 is 1.83 bits per heavy atom. The van der Waals surface area contributed by atoms with E-state index in [1.807, 2.05) is 0 Å². The third kappa shape index (κ3) is 8.93. The van der Waals surface area contributed by atoms with Crippen molar-refractivity contribution in [3.63, 3.8) is 0 Å². The average molecular weight is 112 g/mol. The second-order valence-electron chi connectivity index (χ2n) is 0.516. The first-order chi connectivity index (χ1) is 2.41. The van der Waals surface area contributed by atoms with Gasteiger partial charge in [-0.2, -0.15) is 0 Å². The molecule has 0 rings (SSSR count). The molecule has 0 aromatic heterocycles. The minimum absolute atomic E-state index is 0. The van der Waals surface area contributed by atoms with Gasteiger partial charge in [0.1, 0.15) is 10.0 Å². The van der Waals surface area contributed by atoms with Crippen molar-refractivity contribution in [2.75, 3.05) is 6.61 Å². The van der Waals surface area contributed by atoms with E-state index in [2.05, 4.69) is 4.43 Å². The Hall–Kier alpha value is 1.14. The number of hydrogen-bond donors (Lipinski definition) is 0. The molecule has 0 aliphatic carbocycles. The van der Waals surface area contributed by atoms with Crippen LogP contribution in [0.3, 0.4) is 0 Å². The molecule has 2 nitrogen and oxygen atoms in total. The van der Waals surface area contributed by atoms with Gasteiger partial charge in [0.05, 0.1) is 0 Å². The van der Waals surface area contributed by atoms with Gasteiger partial charge in [-0.25, -0.2) is 0 Å². The molecule has 0 aromatic rings. The fourth-order valence-corrected chi connectivity index (χ4v) is 0.177. The molecular formula is C2H5NaO2Si. The zero-order chi connectivity index (χ0) is 4.12. The van der Waals surface area contributed by atoms with E-state index in [1.54, 1.807) is 6.92 Å². The van der Waals surface area contributed by atoms with Gasteiger partial charge in [0.2, 0.25) is 0 Å². The maximum Gasteiger partial charge on any atom is 1.00 e. The van der Waals surface area contributed by atoms with Crippen molar-refractivity contribution in [2.24, 2.45) is 0 Å². The van der Waals surface area contributed by atoms with E-state index < -0.39 is 10.0 Å². The Balaban J connectivity index is 0. The van der Waals surface area contributed by atoms with Crippen molar-refractivity contribution in [1.29, 1.82) is 0 Å². The summed E-state index contributed by atoms with van der Waals surface area (Å²) in [5.41, 5.74) is 0. The maximum atomic E-state index is 9.34. The monoisotopic (exact) mass is 112 g/mol. The molecule has 4 heteroatoms. The standard InChI is InChI=1S/C2H5O2Si.Na/c1-2-4-5-3;/h2H2,1H3;/q-1;+1. The molecule has 0 aromatic carbocycles. The molecular weight excluding hydrogens is 107 g/mol. The third-order valence-electron chi connectivity index (χ3n) is 0.203. The van der Waals surface area contributed by atoms with E-state index in [9.17, 15) is 4.80 Å². The summed E-state index contributed by atoms with van der Waals surface area (Å²) in [6.07, 6.45) is 0. The molecule has 0 spiro atoms. The fraction of sp³-hybridized carbons (Fsp3) is 1.00. The molecule has 0 saturated carbocycles. The summed E-state index contributed by atoms with van der Waals surface area (Å²) >= 11 is 0. The van der Waals surface area contributed by atoms with E-state index in [-0.39, 0.29) is 29.6 Å². The summed E-state index contributed by atoms with van der Waals surface area (Å²) in [6.45, 7) is 2.34. The summed E-state index contributed by atoms with van der Waals surface area (Å²) in [7, 11) is -0.592. The Morgan fingerprint density at radius 2 is 2.33 bits per heavy atom. The molecule has 0 unspecified atom stereocenters. The quantitative estimate of drug-likeness (QED) is 0.340. The van der Waals surface area contributed by atoms with Gasteiger partial charge < -0.3 is 9.22 Å². The van der Waals surface area contributed by atoms with Crippen LogP contribution in [0.15, 0.2) is 0 Å². The largest absolute Gasteiger partial charge is 1.00 e. The molecule has 0 N–H and O–H groups in total. The molecule has 2 radical (unpaired) electrons. The van der Waals surface area contributed by atoms with Crippen LogP contribution in [-0.2, 0) is 4.43 Å². The van der Waals surface area contributed by atoms with Gasteiger partial charge in [-0.15, -0.1) is 0 Å². The first-order valence-corrected chi connectivity index (χ1v) is 2.22. The SMILES string of the molecule is CCO[Si][O-].[Na+]. The first-order valence-electron chi connectivity index (χ1n) is 1.40. The second kappa shape index (κ2) is 9.46. The van der Waals surface area contributed by atoms with Crippen molar-refractivity contribution in [1.82, 2.24) is 0 Å². The Bertz CT molecular complexity index is 19.0. The molecule has 0 bridgehead atoms. The minimum Gasteiger partial charge on any atom is -0.840 e. The summed E-state index contributed by atoms with van der Waals surface area (Å²) in [6, 6.07) is 0. The van der Waals surface area contributed by atoms with Crippen LogP contribution in [0.4, 0.5) is 0 Å². The van der Waals surface area contributed by atoms with Gasteiger partial charge in [-0.1, -0.05) is 0 Å². The fourth-order valence-electron chi connectivity index (χ4n) is 0.0589. The van der Waals surface area contributed by atoms with Gasteiger partial charge >= 0.3 is 29.6 Å². The molecule has 0 heterocycles. The van der Waals surface area contributed by atoms with Crippen molar-refractivity contribution in [3.8, 4) is 0 Å². The zero-order valence-corrected chi connectivity index (χ0v) is 7.02. The molecule has 0 atom stereocenters. The predicted octanol–water partition coefficient (Wildman–Crippen LogP) is -4.08. The van der Waals surface area contributed by atoms with Crippen molar-refractivity contribution in [2.45, 2.75) is 6.92 Å². The van der Waals surface area contributed by atoms with Crippen LogP contribution in [0, 0.1) is 0 Å². The van der Waals surface area contributed by atoms with Crippen molar-refractivity contribution in [3.05, 3.63) is 0 Å². The van der Waals surface area contributed by atoms with Gasteiger partial charge in [0.25, 0.3) is 0 Å². The van der Waals surface area contributed by atoms with Gasteiger partial charge in [0, 0.05) is 6.61 Å². The molecule has 0 fully saturated rings. The maximum absolute atomic E-state index is 9.34. The Labute approximate surface area is 62.2 Å². The molecule has 0 aliphatic heterocycles. The summed E-state index contributed by atoms with van der Waals surface area (Å²) in [5, 5.41) is 0.